The van der Waals surface area contributed by atoms with Crippen LogP contribution in [0.15, 0.2) is 17.2 Å². The highest BCUT2D eigenvalue weighted by Gasteiger charge is 2.44. The van der Waals surface area contributed by atoms with Gasteiger partial charge in [-0.15, -0.1) is 0 Å². The average molecular weight is 299 g/mol. The molecule has 0 aliphatic carbocycles. The van der Waals surface area contributed by atoms with Crippen LogP contribution < -0.4 is 10.2 Å². The third-order valence-electron chi connectivity index (χ3n) is 3.42. The predicted octanol–water partition coefficient (Wildman–Crippen LogP) is 0.403. The molecule has 0 aromatic carbocycles. The average Bonchev–Trinajstić information content (AvgIpc) is 2.62. The first-order chi connectivity index (χ1) is 9.15. The summed E-state index contributed by atoms with van der Waals surface area (Å²) in [5.74, 6) is 0.0709. The van der Waals surface area contributed by atoms with Gasteiger partial charge >= 0.3 is 7.12 Å². The Balaban J connectivity index is 2.41. The molecule has 1 aromatic heterocycles. The first-order valence-electron chi connectivity index (χ1n) is 6.22. The molecule has 2 rings (SSSR count). The van der Waals surface area contributed by atoms with E-state index in [2.05, 4.69) is 4.98 Å². The maximum Gasteiger partial charge on any atom is 0.496 e. The van der Waals surface area contributed by atoms with Crippen LogP contribution in [0.25, 0.3) is 0 Å². The first-order valence-corrected chi connectivity index (χ1v) is 8.11. The van der Waals surface area contributed by atoms with Crippen LogP contribution in [0.5, 0.6) is 5.88 Å². The highest BCUT2D eigenvalue weighted by Crippen LogP contribution is 2.27. The van der Waals surface area contributed by atoms with E-state index in [4.69, 9.17) is 14.0 Å². The van der Waals surface area contributed by atoms with E-state index in [9.17, 15) is 8.42 Å². The van der Waals surface area contributed by atoms with Crippen LogP contribution in [0.1, 0.15) is 20.8 Å². The molecule has 6 nitrogen and oxygen atoms in total. The van der Waals surface area contributed by atoms with Crippen LogP contribution in [-0.4, -0.2) is 45.6 Å². The Bertz CT molecular complexity index is 616. The van der Waals surface area contributed by atoms with E-state index >= 15 is 0 Å². The molecule has 1 aromatic rings. The lowest BCUT2D eigenvalue weighted by Gasteiger charge is -2.21. The summed E-state index contributed by atoms with van der Waals surface area (Å²) >= 11 is 0. The molecule has 1 aliphatic rings. The number of rotatable bonds is 3. The van der Waals surface area contributed by atoms with E-state index in [1.807, 2.05) is 20.8 Å². The molecule has 20 heavy (non-hydrogen) atoms. The van der Waals surface area contributed by atoms with Crippen molar-refractivity contribution in [1.82, 2.24) is 4.98 Å². The lowest BCUT2D eigenvalue weighted by atomic mass is 9.80. The summed E-state index contributed by atoms with van der Waals surface area (Å²) in [6.07, 6.45) is 2.52. The van der Waals surface area contributed by atoms with Gasteiger partial charge in [0, 0.05) is 17.9 Å². The molecule has 0 radical (unpaired) electrons. The lowest BCUT2D eigenvalue weighted by molar-refractivity contribution is 0.0842. The number of methoxy groups -OCH3 is 1. The summed E-state index contributed by atoms with van der Waals surface area (Å²) in [6.45, 7) is 5.76. The van der Waals surface area contributed by atoms with Crippen LogP contribution in [-0.2, 0) is 19.1 Å². The Morgan fingerprint density at radius 1 is 1.45 bits per heavy atom. The Hall–Kier alpha value is -1.12. The molecule has 0 N–H and O–H groups in total. The Morgan fingerprint density at radius 3 is 2.55 bits per heavy atom. The van der Waals surface area contributed by atoms with Crippen molar-refractivity contribution in [1.29, 1.82) is 0 Å². The number of hydrogen-bond acceptors (Lipinski definition) is 6. The summed E-state index contributed by atoms with van der Waals surface area (Å²) in [5, 5.41) is 0. The fraction of sp³-hybridized carbons (Fsp3) is 0.583. The monoisotopic (exact) mass is 299 g/mol. The van der Waals surface area contributed by atoms with Gasteiger partial charge in [-0.25, -0.2) is 13.4 Å². The molecule has 0 bridgehead atoms. The van der Waals surface area contributed by atoms with Gasteiger partial charge < -0.3 is 14.0 Å². The van der Waals surface area contributed by atoms with Gasteiger partial charge in [0.05, 0.1) is 18.8 Å². The van der Waals surface area contributed by atoms with Crippen molar-refractivity contribution in [2.75, 3.05) is 13.4 Å². The SMILES string of the molecule is COc1ncc(B2OC(C)C(C)(C)O2)cc1S(C)(=O)=O. The first kappa shape index (κ1) is 15.3. The van der Waals surface area contributed by atoms with Crippen LogP contribution >= 0.6 is 0 Å². The van der Waals surface area contributed by atoms with Crippen molar-refractivity contribution in [3.8, 4) is 5.88 Å². The number of aromatic nitrogens is 1. The van der Waals surface area contributed by atoms with Crippen molar-refractivity contribution in [2.24, 2.45) is 0 Å². The number of hydrogen-bond donors (Lipinski definition) is 0. The van der Waals surface area contributed by atoms with E-state index in [1.54, 1.807) is 0 Å². The third kappa shape index (κ3) is 2.82. The van der Waals surface area contributed by atoms with E-state index < -0.39 is 22.6 Å². The molecule has 1 atom stereocenters. The smallest absolute Gasteiger partial charge is 0.480 e. The van der Waals surface area contributed by atoms with Gasteiger partial charge in [-0.3, -0.25) is 0 Å². The van der Waals surface area contributed by atoms with Gasteiger partial charge in [0.15, 0.2) is 9.84 Å². The van der Waals surface area contributed by atoms with E-state index in [1.165, 1.54) is 19.4 Å². The van der Waals surface area contributed by atoms with E-state index in [-0.39, 0.29) is 16.9 Å². The minimum absolute atomic E-state index is 0.0297. The topological polar surface area (TPSA) is 74.7 Å². The van der Waals surface area contributed by atoms with Gasteiger partial charge in [0.25, 0.3) is 0 Å². The summed E-state index contributed by atoms with van der Waals surface area (Å²) < 4.78 is 40.0. The number of nitrogens with zero attached hydrogens (tertiary/aromatic N) is 1. The zero-order chi connectivity index (χ0) is 15.1. The largest absolute Gasteiger partial charge is 0.496 e. The summed E-state index contributed by atoms with van der Waals surface area (Å²) in [4.78, 5) is 4.05. The fourth-order valence-electron chi connectivity index (χ4n) is 1.89. The van der Waals surface area contributed by atoms with Gasteiger partial charge in [-0.1, -0.05) is 0 Å². The van der Waals surface area contributed by atoms with E-state index in [0.29, 0.717) is 5.46 Å². The van der Waals surface area contributed by atoms with Gasteiger partial charge in [0.1, 0.15) is 4.90 Å². The molecule has 1 fully saturated rings. The van der Waals surface area contributed by atoms with Crippen LogP contribution in [0.2, 0.25) is 0 Å². The predicted molar refractivity (Wildman–Crippen MR) is 75.0 cm³/mol. The zero-order valence-corrected chi connectivity index (χ0v) is 13.0. The van der Waals surface area contributed by atoms with Crippen molar-refractivity contribution in [2.45, 2.75) is 37.4 Å². The second-order valence-electron chi connectivity index (χ2n) is 5.38. The Kier molecular flexibility index (Phi) is 3.83. The standard InChI is InChI=1S/C12H18BNO5S/c1-8-12(2,3)19-13(18-8)9-6-10(20(5,15)16)11(17-4)14-7-9/h6-8H,1-5H3. The van der Waals surface area contributed by atoms with Crippen LogP contribution in [0.3, 0.4) is 0 Å². The molecule has 0 amide bonds. The minimum atomic E-state index is -3.44. The van der Waals surface area contributed by atoms with Crippen LogP contribution in [0.4, 0.5) is 0 Å². The van der Waals surface area contributed by atoms with Crippen molar-refractivity contribution < 1.29 is 22.5 Å². The molecule has 110 valence electrons. The molecule has 2 heterocycles. The third-order valence-corrected chi connectivity index (χ3v) is 4.51. The molecule has 0 spiro atoms. The molecular formula is C12H18BNO5S. The molecule has 0 saturated carbocycles. The lowest BCUT2D eigenvalue weighted by Crippen LogP contribution is -2.35. The second kappa shape index (κ2) is 5.02. The molecule has 8 heteroatoms. The Labute approximate surface area is 119 Å². The van der Waals surface area contributed by atoms with Gasteiger partial charge in [0.2, 0.25) is 5.88 Å². The van der Waals surface area contributed by atoms with Crippen LogP contribution in [0, 0.1) is 0 Å². The summed E-state index contributed by atoms with van der Waals surface area (Å²) in [5.41, 5.74) is 0.124. The Morgan fingerprint density at radius 2 is 2.10 bits per heavy atom. The maximum absolute atomic E-state index is 11.8. The van der Waals surface area contributed by atoms with Crippen molar-refractivity contribution in [3.63, 3.8) is 0 Å². The fourth-order valence-corrected chi connectivity index (χ4v) is 2.69. The second-order valence-corrected chi connectivity index (χ2v) is 7.36. The molecule has 1 unspecified atom stereocenters. The highest BCUT2D eigenvalue weighted by molar-refractivity contribution is 7.90. The summed E-state index contributed by atoms with van der Waals surface area (Å²) in [6, 6.07) is 1.49. The maximum atomic E-state index is 11.8. The summed E-state index contributed by atoms with van der Waals surface area (Å²) in [7, 11) is -2.69. The quantitative estimate of drug-likeness (QED) is 0.752. The number of sulfone groups is 1. The zero-order valence-electron chi connectivity index (χ0n) is 12.2. The number of ether oxygens (including phenoxy) is 1. The van der Waals surface area contributed by atoms with Crippen molar-refractivity contribution >= 4 is 22.4 Å². The number of pyridine rings is 1. The highest BCUT2D eigenvalue weighted by atomic mass is 32.2. The molecule has 1 aliphatic heterocycles. The normalized spacial score (nSPS) is 22.1. The molecule has 1 saturated heterocycles. The van der Waals surface area contributed by atoms with Gasteiger partial charge in [-0.2, -0.15) is 0 Å². The minimum Gasteiger partial charge on any atom is -0.480 e. The van der Waals surface area contributed by atoms with Gasteiger partial charge in [-0.05, 0) is 26.8 Å². The molecular weight excluding hydrogens is 281 g/mol. The van der Waals surface area contributed by atoms with E-state index in [0.717, 1.165) is 6.26 Å². The van der Waals surface area contributed by atoms with Crippen molar-refractivity contribution in [3.05, 3.63) is 12.3 Å².